The second-order valence-corrected chi connectivity index (χ2v) is 5.32. The third-order valence-corrected chi connectivity index (χ3v) is 3.98. The van der Waals surface area contributed by atoms with E-state index in [1.165, 1.54) is 26.4 Å². The van der Waals surface area contributed by atoms with Gasteiger partial charge in [-0.15, -0.1) is 0 Å². The highest BCUT2D eigenvalue weighted by molar-refractivity contribution is 5.89. The summed E-state index contributed by atoms with van der Waals surface area (Å²) in [6, 6.07) is 7.36. The summed E-state index contributed by atoms with van der Waals surface area (Å²) in [6.07, 6.45) is 5.02. The fourth-order valence-electron chi connectivity index (χ4n) is 2.72. The third-order valence-electron chi connectivity index (χ3n) is 3.98. The molecule has 2 rings (SSSR count). The first kappa shape index (κ1) is 15.0. The Morgan fingerprint density at radius 3 is 2.60 bits per heavy atom. The van der Waals surface area contributed by atoms with Crippen LogP contribution in [-0.2, 0) is 16.1 Å². The van der Waals surface area contributed by atoms with Crippen molar-refractivity contribution in [1.29, 1.82) is 0 Å². The number of ether oxygens (including phenoxy) is 2. The highest BCUT2D eigenvalue weighted by Crippen LogP contribution is 2.26. The zero-order valence-electron chi connectivity index (χ0n) is 12.0. The number of esters is 1. The standard InChI is InChI=1S/C16H23NO3/c1-19-16(18)13-8-6-12(7-9-13)11-20-15-5-3-2-4-14(15)10-17/h6-9,14-15H,2-5,10-11,17H2,1H3. The molecule has 0 radical (unpaired) electrons. The van der Waals surface area contributed by atoms with Crippen molar-refractivity contribution in [3.63, 3.8) is 0 Å². The zero-order valence-corrected chi connectivity index (χ0v) is 12.0. The summed E-state index contributed by atoms with van der Waals surface area (Å²) in [7, 11) is 1.38. The van der Waals surface area contributed by atoms with Gasteiger partial charge < -0.3 is 15.2 Å². The van der Waals surface area contributed by atoms with Gasteiger partial charge in [-0.3, -0.25) is 0 Å². The summed E-state index contributed by atoms with van der Waals surface area (Å²) in [4.78, 5) is 11.3. The second-order valence-electron chi connectivity index (χ2n) is 5.32. The Balaban J connectivity index is 1.88. The molecule has 2 unspecified atom stereocenters. The Labute approximate surface area is 120 Å². The molecule has 0 heterocycles. The van der Waals surface area contributed by atoms with E-state index in [0.29, 0.717) is 24.6 Å². The second kappa shape index (κ2) is 7.41. The molecule has 0 spiro atoms. The van der Waals surface area contributed by atoms with Crippen LogP contribution >= 0.6 is 0 Å². The fraction of sp³-hybridized carbons (Fsp3) is 0.562. The van der Waals surface area contributed by atoms with Gasteiger partial charge in [-0.25, -0.2) is 4.79 Å². The van der Waals surface area contributed by atoms with Crippen LogP contribution in [0.5, 0.6) is 0 Å². The van der Waals surface area contributed by atoms with Crippen LogP contribution in [0.3, 0.4) is 0 Å². The number of methoxy groups -OCH3 is 1. The van der Waals surface area contributed by atoms with Crippen molar-refractivity contribution >= 4 is 5.97 Å². The number of nitrogens with two attached hydrogens (primary N) is 1. The lowest BCUT2D eigenvalue weighted by atomic mass is 9.86. The van der Waals surface area contributed by atoms with Crippen LogP contribution in [0.1, 0.15) is 41.6 Å². The lowest BCUT2D eigenvalue weighted by Gasteiger charge is -2.30. The quantitative estimate of drug-likeness (QED) is 0.840. The molecule has 1 aliphatic rings. The van der Waals surface area contributed by atoms with Crippen LogP contribution in [0.4, 0.5) is 0 Å². The molecule has 1 aromatic carbocycles. The number of carbonyl (C=O) groups excluding carboxylic acids is 1. The van der Waals surface area contributed by atoms with E-state index in [9.17, 15) is 4.79 Å². The van der Waals surface area contributed by atoms with Gasteiger partial charge >= 0.3 is 5.97 Å². The maximum atomic E-state index is 11.3. The number of carbonyl (C=O) groups is 1. The average molecular weight is 277 g/mol. The fourth-order valence-corrected chi connectivity index (χ4v) is 2.72. The number of hydrogen-bond acceptors (Lipinski definition) is 4. The molecule has 2 N–H and O–H groups in total. The molecular weight excluding hydrogens is 254 g/mol. The van der Waals surface area contributed by atoms with E-state index in [1.807, 2.05) is 12.1 Å². The summed E-state index contributed by atoms with van der Waals surface area (Å²) >= 11 is 0. The summed E-state index contributed by atoms with van der Waals surface area (Å²) in [6.45, 7) is 1.27. The molecule has 110 valence electrons. The van der Waals surface area contributed by atoms with Crippen molar-refractivity contribution in [3.8, 4) is 0 Å². The van der Waals surface area contributed by atoms with E-state index in [1.54, 1.807) is 12.1 Å². The van der Waals surface area contributed by atoms with Crippen LogP contribution in [0.15, 0.2) is 24.3 Å². The van der Waals surface area contributed by atoms with Crippen molar-refractivity contribution in [3.05, 3.63) is 35.4 Å². The summed E-state index contributed by atoms with van der Waals surface area (Å²) < 4.78 is 10.7. The highest BCUT2D eigenvalue weighted by Gasteiger charge is 2.24. The van der Waals surface area contributed by atoms with E-state index in [4.69, 9.17) is 10.5 Å². The monoisotopic (exact) mass is 277 g/mol. The van der Waals surface area contributed by atoms with Crippen molar-refractivity contribution in [2.75, 3.05) is 13.7 Å². The van der Waals surface area contributed by atoms with Crippen LogP contribution in [0, 0.1) is 5.92 Å². The normalized spacial score (nSPS) is 22.5. The first-order valence-corrected chi connectivity index (χ1v) is 7.23. The van der Waals surface area contributed by atoms with Gasteiger partial charge in [-0.05, 0) is 43.0 Å². The van der Waals surface area contributed by atoms with Gasteiger partial charge in [0.05, 0.1) is 25.4 Å². The van der Waals surface area contributed by atoms with Gasteiger partial charge in [0.1, 0.15) is 0 Å². The summed E-state index contributed by atoms with van der Waals surface area (Å²) in [5.41, 5.74) is 7.43. The smallest absolute Gasteiger partial charge is 0.337 e. The molecule has 1 saturated carbocycles. The molecule has 0 saturated heterocycles. The molecule has 1 fully saturated rings. The van der Waals surface area contributed by atoms with E-state index >= 15 is 0 Å². The number of rotatable bonds is 5. The molecule has 1 aromatic rings. The SMILES string of the molecule is COC(=O)c1ccc(COC2CCCCC2CN)cc1. The van der Waals surface area contributed by atoms with Crippen molar-refractivity contribution in [2.45, 2.75) is 38.4 Å². The largest absolute Gasteiger partial charge is 0.465 e. The van der Waals surface area contributed by atoms with Crippen molar-refractivity contribution in [1.82, 2.24) is 0 Å². The summed E-state index contributed by atoms with van der Waals surface area (Å²) in [5.74, 6) is 0.172. The molecule has 1 aliphatic carbocycles. The molecule has 0 aromatic heterocycles. The maximum Gasteiger partial charge on any atom is 0.337 e. The van der Waals surface area contributed by atoms with Crippen LogP contribution in [0.2, 0.25) is 0 Å². The molecule has 0 bridgehead atoms. The Morgan fingerprint density at radius 1 is 1.25 bits per heavy atom. The minimum absolute atomic E-state index is 0.272. The molecule has 0 aliphatic heterocycles. The van der Waals surface area contributed by atoms with Crippen LogP contribution in [0.25, 0.3) is 0 Å². The number of benzene rings is 1. The maximum absolute atomic E-state index is 11.3. The van der Waals surface area contributed by atoms with E-state index in [-0.39, 0.29) is 12.1 Å². The topological polar surface area (TPSA) is 61.5 Å². The Kier molecular flexibility index (Phi) is 5.56. The first-order chi connectivity index (χ1) is 9.74. The Bertz CT molecular complexity index is 430. The van der Waals surface area contributed by atoms with E-state index in [0.717, 1.165) is 12.0 Å². The predicted molar refractivity (Wildman–Crippen MR) is 77.4 cm³/mol. The lowest BCUT2D eigenvalue weighted by molar-refractivity contribution is -0.0183. The molecular formula is C16H23NO3. The Morgan fingerprint density at radius 2 is 1.95 bits per heavy atom. The summed E-state index contributed by atoms with van der Waals surface area (Å²) in [5, 5.41) is 0. The van der Waals surface area contributed by atoms with E-state index in [2.05, 4.69) is 4.74 Å². The molecule has 2 atom stereocenters. The number of hydrogen-bond donors (Lipinski definition) is 1. The van der Waals surface area contributed by atoms with Gasteiger partial charge in [-0.2, -0.15) is 0 Å². The average Bonchev–Trinajstić information content (AvgIpc) is 2.53. The van der Waals surface area contributed by atoms with E-state index < -0.39 is 0 Å². The van der Waals surface area contributed by atoms with Crippen LogP contribution < -0.4 is 5.73 Å². The lowest BCUT2D eigenvalue weighted by Crippen LogP contribution is -2.33. The molecule has 4 heteroatoms. The highest BCUT2D eigenvalue weighted by atomic mass is 16.5. The third kappa shape index (κ3) is 3.81. The Hall–Kier alpha value is -1.39. The minimum Gasteiger partial charge on any atom is -0.465 e. The van der Waals surface area contributed by atoms with Crippen molar-refractivity contribution < 1.29 is 14.3 Å². The zero-order chi connectivity index (χ0) is 14.4. The van der Waals surface area contributed by atoms with Gasteiger partial charge in [0.15, 0.2) is 0 Å². The minimum atomic E-state index is -0.312. The van der Waals surface area contributed by atoms with Gasteiger partial charge in [0.25, 0.3) is 0 Å². The first-order valence-electron chi connectivity index (χ1n) is 7.23. The molecule has 20 heavy (non-hydrogen) atoms. The van der Waals surface area contributed by atoms with Crippen molar-refractivity contribution in [2.24, 2.45) is 11.7 Å². The van der Waals surface area contributed by atoms with Crippen LogP contribution in [-0.4, -0.2) is 25.7 Å². The molecule has 0 amide bonds. The molecule has 4 nitrogen and oxygen atoms in total. The van der Waals surface area contributed by atoms with Gasteiger partial charge in [-0.1, -0.05) is 25.0 Å². The predicted octanol–water partition coefficient (Wildman–Crippen LogP) is 2.51. The van der Waals surface area contributed by atoms with Gasteiger partial charge in [0.2, 0.25) is 0 Å². The van der Waals surface area contributed by atoms with Gasteiger partial charge in [0, 0.05) is 0 Å².